The number of nitrogens with one attached hydrogen (secondary N) is 1. The Morgan fingerprint density at radius 2 is 2.06 bits per heavy atom. The number of benzene rings is 2. The summed E-state index contributed by atoms with van der Waals surface area (Å²) in [6.45, 7) is 2.00. The van der Waals surface area contributed by atoms with Crippen molar-refractivity contribution in [3.63, 3.8) is 0 Å². The molecule has 0 bridgehead atoms. The molecule has 0 radical (unpaired) electrons. The molecule has 2 atom stereocenters. The summed E-state index contributed by atoms with van der Waals surface area (Å²) in [7, 11) is 1.43. The van der Waals surface area contributed by atoms with Crippen molar-refractivity contribution in [2.24, 2.45) is 0 Å². The number of carbonyl (C=O) groups excluding carboxylic acids is 1. The van der Waals surface area contributed by atoms with Gasteiger partial charge in [-0.25, -0.2) is 8.78 Å². The first kappa shape index (κ1) is 23.1. The predicted molar refractivity (Wildman–Crippen MR) is 116 cm³/mol. The van der Waals surface area contributed by atoms with Crippen LogP contribution >= 0.6 is 11.6 Å². The van der Waals surface area contributed by atoms with Gasteiger partial charge in [0.2, 0.25) is 0 Å². The van der Waals surface area contributed by atoms with Crippen LogP contribution in [0.25, 0.3) is 0 Å². The summed E-state index contributed by atoms with van der Waals surface area (Å²) in [6, 6.07) is 8.14. The topological polar surface area (TPSA) is 76.8 Å². The van der Waals surface area contributed by atoms with Crippen LogP contribution < -0.4 is 20.5 Å². The van der Waals surface area contributed by atoms with Crippen LogP contribution in [0, 0.1) is 5.82 Å². The van der Waals surface area contributed by atoms with Crippen molar-refractivity contribution in [1.82, 2.24) is 10.2 Å². The van der Waals surface area contributed by atoms with Crippen LogP contribution in [0.15, 0.2) is 36.4 Å². The molecule has 3 rings (SSSR count). The third-order valence-electron chi connectivity index (χ3n) is 5.21. The summed E-state index contributed by atoms with van der Waals surface area (Å²) < 4.78 is 38.4. The highest BCUT2D eigenvalue weighted by molar-refractivity contribution is 6.33. The second-order valence-corrected chi connectivity index (χ2v) is 7.82. The maximum Gasteiger partial charge on any atom is 0.255 e. The number of piperidine rings is 1. The molecule has 0 unspecified atom stereocenters. The van der Waals surface area contributed by atoms with Gasteiger partial charge < -0.3 is 25.4 Å². The smallest absolute Gasteiger partial charge is 0.255 e. The lowest BCUT2D eigenvalue weighted by Gasteiger charge is -2.35. The number of anilines is 1. The van der Waals surface area contributed by atoms with Gasteiger partial charge in [0.1, 0.15) is 23.5 Å². The van der Waals surface area contributed by atoms with Gasteiger partial charge in [0.05, 0.1) is 36.0 Å². The number of rotatable bonds is 8. The van der Waals surface area contributed by atoms with Gasteiger partial charge in [0.15, 0.2) is 0 Å². The lowest BCUT2D eigenvalue weighted by Crippen LogP contribution is -2.52. The zero-order chi connectivity index (χ0) is 22.4. The summed E-state index contributed by atoms with van der Waals surface area (Å²) in [4.78, 5) is 14.6. The molecule has 1 aliphatic rings. The van der Waals surface area contributed by atoms with E-state index in [0.29, 0.717) is 44.0 Å². The van der Waals surface area contributed by atoms with E-state index in [1.165, 1.54) is 31.4 Å². The molecule has 31 heavy (non-hydrogen) atoms. The van der Waals surface area contributed by atoms with E-state index in [4.69, 9.17) is 26.8 Å². The second-order valence-electron chi connectivity index (χ2n) is 7.42. The van der Waals surface area contributed by atoms with E-state index in [9.17, 15) is 13.6 Å². The molecule has 6 nitrogen and oxygen atoms in total. The Kier molecular flexibility index (Phi) is 7.92. The maximum absolute atomic E-state index is 14.7. The van der Waals surface area contributed by atoms with Crippen LogP contribution in [0.1, 0.15) is 23.2 Å². The van der Waals surface area contributed by atoms with Crippen molar-refractivity contribution in [1.29, 1.82) is 0 Å². The number of alkyl halides is 1. The number of nitrogens with two attached hydrogens (primary N) is 1. The Labute approximate surface area is 185 Å². The summed E-state index contributed by atoms with van der Waals surface area (Å²) in [5.74, 6) is 0.125. The molecule has 1 amide bonds. The van der Waals surface area contributed by atoms with Gasteiger partial charge >= 0.3 is 0 Å². The summed E-state index contributed by atoms with van der Waals surface area (Å²) in [5, 5.41) is 2.98. The number of nitrogens with zero attached hydrogens (tertiary/aromatic N) is 1. The van der Waals surface area contributed by atoms with E-state index in [1.807, 2.05) is 4.90 Å². The predicted octanol–water partition coefficient (Wildman–Crippen LogP) is 3.68. The number of hydrogen-bond donors (Lipinski definition) is 2. The van der Waals surface area contributed by atoms with E-state index >= 15 is 0 Å². The van der Waals surface area contributed by atoms with Crippen LogP contribution in [0.4, 0.5) is 14.5 Å². The largest absolute Gasteiger partial charge is 0.496 e. The first-order chi connectivity index (χ1) is 14.9. The van der Waals surface area contributed by atoms with Crippen LogP contribution in [0.3, 0.4) is 0 Å². The molecule has 2 aromatic carbocycles. The Morgan fingerprint density at radius 3 is 2.74 bits per heavy atom. The molecule has 0 spiro atoms. The molecule has 3 N–H and O–H groups in total. The number of nitrogen functional groups attached to an aromatic ring is 1. The average molecular weight is 454 g/mol. The lowest BCUT2D eigenvalue weighted by atomic mass is 10.0. The molecular weight excluding hydrogens is 428 g/mol. The van der Waals surface area contributed by atoms with Crippen molar-refractivity contribution in [3.8, 4) is 11.5 Å². The fourth-order valence-corrected chi connectivity index (χ4v) is 3.67. The van der Waals surface area contributed by atoms with E-state index in [2.05, 4.69) is 5.32 Å². The van der Waals surface area contributed by atoms with Crippen LogP contribution in [0.5, 0.6) is 11.5 Å². The Balaban J connectivity index is 1.45. The number of likely N-dealkylation sites (tertiary alicyclic amines) is 1. The molecule has 1 fully saturated rings. The lowest BCUT2D eigenvalue weighted by molar-refractivity contribution is 0.0764. The average Bonchev–Trinajstić information content (AvgIpc) is 2.75. The van der Waals surface area contributed by atoms with Gasteiger partial charge in [-0.1, -0.05) is 11.6 Å². The maximum atomic E-state index is 14.7. The van der Waals surface area contributed by atoms with Crippen molar-refractivity contribution in [2.45, 2.75) is 25.1 Å². The van der Waals surface area contributed by atoms with Crippen molar-refractivity contribution in [2.75, 3.05) is 39.1 Å². The monoisotopic (exact) mass is 453 g/mol. The van der Waals surface area contributed by atoms with E-state index in [-0.39, 0.29) is 28.7 Å². The van der Waals surface area contributed by atoms with Gasteiger partial charge in [0, 0.05) is 25.7 Å². The highest BCUT2D eigenvalue weighted by Gasteiger charge is 2.31. The standard InChI is InChI=1S/C22H26ClF2N3O3/c1-30-21-12-19(26)17(23)11-16(21)22(29)27-20-7-9-28(13-18(20)25)8-2-10-31-15-5-3-14(24)4-6-15/h3-6,11-12,18,20H,2,7-10,13,26H2,1H3,(H,27,29)/t18-,20-/m0/s1. The number of methoxy groups -OCH3 is 1. The van der Waals surface area contributed by atoms with Gasteiger partial charge in [-0.2, -0.15) is 0 Å². The van der Waals surface area contributed by atoms with Crippen LogP contribution in [-0.2, 0) is 0 Å². The fraction of sp³-hybridized carbons (Fsp3) is 0.409. The Morgan fingerprint density at radius 1 is 1.32 bits per heavy atom. The third kappa shape index (κ3) is 6.21. The molecule has 1 saturated heterocycles. The Bertz CT molecular complexity index is 898. The molecular formula is C22H26ClF2N3O3. The molecule has 0 aromatic heterocycles. The van der Waals surface area contributed by atoms with Crippen LogP contribution in [-0.4, -0.2) is 56.4 Å². The molecule has 2 aromatic rings. The number of ether oxygens (including phenoxy) is 2. The molecule has 0 saturated carbocycles. The number of hydrogen-bond acceptors (Lipinski definition) is 5. The van der Waals surface area contributed by atoms with Gasteiger partial charge in [0.25, 0.3) is 5.91 Å². The van der Waals surface area contributed by atoms with Crippen molar-refractivity contribution < 1.29 is 23.0 Å². The minimum absolute atomic E-state index is 0.217. The van der Waals surface area contributed by atoms with Gasteiger partial charge in [-0.15, -0.1) is 0 Å². The van der Waals surface area contributed by atoms with Crippen molar-refractivity contribution >= 4 is 23.2 Å². The highest BCUT2D eigenvalue weighted by atomic mass is 35.5. The number of amides is 1. The Hall–Kier alpha value is -2.58. The SMILES string of the molecule is COc1cc(N)c(Cl)cc1C(=O)N[C@H]1CCN(CCCOc2ccc(F)cc2)C[C@@H]1F. The summed E-state index contributed by atoms with van der Waals surface area (Å²) in [6.07, 6.45) is -0.00935. The summed E-state index contributed by atoms with van der Waals surface area (Å²) >= 11 is 6.02. The number of halogens is 3. The zero-order valence-electron chi connectivity index (χ0n) is 17.2. The van der Waals surface area contributed by atoms with E-state index in [1.54, 1.807) is 12.1 Å². The molecule has 0 aliphatic carbocycles. The van der Waals surface area contributed by atoms with E-state index in [0.717, 1.165) is 0 Å². The first-order valence-corrected chi connectivity index (χ1v) is 10.4. The van der Waals surface area contributed by atoms with E-state index < -0.39 is 18.1 Å². The fourth-order valence-electron chi connectivity index (χ4n) is 3.50. The zero-order valence-corrected chi connectivity index (χ0v) is 18.0. The van der Waals surface area contributed by atoms with Crippen molar-refractivity contribution in [3.05, 3.63) is 52.8 Å². The highest BCUT2D eigenvalue weighted by Crippen LogP contribution is 2.29. The van der Waals surface area contributed by atoms with Gasteiger partial charge in [-0.3, -0.25) is 4.79 Å². The third-order valence-corrected chi connectivity index (χ3v) is 5.53. The first-order valence-electron chi connectivity index (χ1n) is 10.1. The summed E-state index contributed by atoms with van der Waals surface area (Å²) in [5.41, 5.74) is 6.26. The molecule has 1 aliphatic heterocycles. The molecule has 9 heteroatoms. The minimum Gasteiger partial charge on any atom is -0.496 e. The quantitative estimate of drug-likeness (QED) is 0.471. The molecule has 168 valence electrons. The number of carbonyl (C=O) groups is 1. The minimum atomic E-state index is -1.20. The van der Waals surface area contributed by atoms with Gasteiger partial charge in [-0.05, 0) is 43.2 Å². The normalized spacial score (nSPS) is 19.1. The second kappa shape index (κ2) is 10.6. The van der Waals surface area contributed by atoms with Crippen LogP contribution in [0.2, 0.25) is 5.02 Å². The molecule has 1 heterocycles.